The number of hydrogen-bond donors (Lipinski definition) is 1. The average Bonchev–Trinajstić information content (AvgIpc) is 3.02. The van der Waals surface area contributed by atoms with Gasteiger partial charge in [0, 0.05) is 17.5 Å². The van der Waals surface area contributed by atoms with Crippen LogP contribution in [0.4, 0.5) is 5.13 Å². The lowest BCUT2D eigenvalue weighted by Gasteiger charge is -2.24. The Kier molecular flexibility index (Phi) is 8.61. The number of amides is 2. The van der Waals surface area contributed by atoms with E-state index in [0.29, 0.717) is 28.7 Å². The van der Waals surface area contributed by atoms with Gasteiger partial charge in [-0.25, -0.2) is 4.98 Å². The number of methoxy groups -OCH3 is 2. The Labute approximate surface area is 181 Å². The molecule has 1 aromatic carbocycles. The minimum Gasteiger partial charge on any atom is -0.497 e. The smallest absolute Gasteiger partial charge is 0.258 e. The van der Waals surface area contributed by atoms with Gasteiger partial charge in [-0.05, 0) is 53.0 Å². The first kappa shape index (κ1) is 23.6. The van der Waals surface area contributed by atoms with Crippen LogP contribution in [-0.2, 0) is 4.79 Å². The lowest BCUT2D eigenvalue weighted by molar-refractivity contribution is -0.116. The van der Waals surface area contributed by atoms with Gasteiger partial charge in [-0.2, -0.15) is 0 Å². The van der Waals surface area contributed by atoms with Gasteiger partial charge in [0.25, 0.3) is 5.91 Å². The molecular weight excluding hydrogens is 404 g/mol. The lowest BCUT2D eigenvalue weighted by Crippen LogP contribution is -2.39. The first-order valence-electron chi connectivity index (χ1n) is 9.65. The summed E-state index contributed by atoms with van der Waals surface area (Å²) in [6.07, 6.45) is 0.736. The Morgan fingerprint density at radius 2 is 1.87 bits per heavy atom. The number of carbonyl (C=O) groups is 2. The maximum absolute atomic E-state index is 13.2. The normalized spacial score (nSPS) is 10.8. The Hall–Kier alpha value is -2.65. The molecule has 2 rings (SSSR count). The van der Waals surface area contributed by atoms with Crippen LogP contribution >= 0.6 is 11.3 Å². The number of nitrogens with one attached hydrogen (secondary N) is 1. The second-order valence-electron chi connectivity index (χ2n) is 7.16. The van der Waals surface area contributed by atoms with Crippen LogP contribution < -0.4 is 14.8 Å². The largest absolute Gasteiger partial charge is 0.497 e. The predicted molar refractivity (Wildman–Crippen MR) is 119 cm³/mol. The number of aryl methyl sites for hydroxylation is 2. The monoisotopic (exact) mass is 434 g/mol. The van der Waals surface area contributed by atoms with Gasteiger partial charge in [0.1, 0.15) is 18.0 Å². The zero-order valence-corrected chi connectivity index (χ0v) is 19.3. The Morgan fingerprint density at radius 1 is 1.13 bits per heavy atom. The average molecular weight is 435 g/mol. The summed E-state index contributed by atoms with van der Waals surface area (Å²) >= 11 is 1.42. The van der Waals surface area contributed by atoms with Crippen molar-refractivity contribution in [2.45, 2.75) is 20.3 Å². The molecule has 0 fully saturated rings. The molecule has 0 saturated heterocycles. The first-order valence-corrected chi connectivity index (χ1v) is 10.5. The SMILES string of the molecule is COc1ccc(C(=O)N(CCCN(C)C)CC(=O)Nc2nc(C)c(C)s2)c(OC)c1. The number of benzene rings is 1. The molecule has 164 valence electrons. The van der Waals surface area contributed by atoms with Crippen LogP contribution in [0.25, 0.3) is 0 Å². The Bertz CT molecular complexity index is 862. The van der Waals surface area contributed by atoms with Crippen LogP contribution in [0, 0.1) is 13.8 Å². The summed E-state index contributed by atoms with van der Waals surface area (Å²) in [6, 6.07) is 5.02. The third-order valence-corrected chi connectivity index (χ3v) is 5.56. The number of rotatable bonds is 10. The van der Waals surface area contributed by atoms with Gasteiger partial charge in [-0.1, -0.05) is 0 Å². The fourth-order valence-corrected chi connectivity index (χ4v) is 3.66. The zero-order chi connectivity index (χ0) is 22.3. The molecule has 1 heterocycles. The van der Waals surface area contributed by atoms with Crippen molar-refractivity contribution in [2.24, 2.45) is 0 Å². The van der Waals surface area contributed by atoms with Crippen LogP contribution in [0.1, 0.15) is 27.3 Å². The van der Waals surface area contributed by atoms with Gasteiger partial charge in [0.05, 0.1) is 25.5 Å². The Balaban J connectivity index is 2.18. The third-order valence-electron chi connectivity index (χ3n) is 4.57. The molecule has 0 aliphatic rings. The van der Waals surface area contributed by atoms with E-state index in [4.69, 9.17) is 9.47 Å². The van der Waals surface area contributed by atoms with Gasteiger partial charge in [0.15, 0.2) is 5.13 Å². The van der Waals surface area contributed by atoms with E-state index in [1.807, 2.05) is 32.8 Å². The van der Waals surface area contributed by atoms with Gasteiger partial charge in [-0.15, -0.1) is 11.3 Å². The van der Waals surface area contributed by atoms with Gasteiger partial charge < -0.3 is 24.6 Å². The van der Waals surface area contributed by atoms with Crippen molar-refractivity contribution in [2.75, 3.05) is 53.3 Å². The molecule has 2 amide bonds. The van der Waals surface area contributed by atoms with E-state index in [1.54, 1.807) is 25.3 Å². The zero-order valence-electron chi connectivity index (χ0n) is 18.4. The number of nitrogens with zero attached hydrogens (tertiary/aromatic N) is 3. The molecule has 0 saturated carbocycles. The molecular formula is C21H30N4O4S. The summed E-state index contributed by atoms with van der Waals surface area (Å²) in [7, 11) is 7.00. The molecule has 0 radical (unpaired) electrons. The molecule has 9 heteroatoms. The molecule has 8 nitrogen and oxygen atoms in total. The van der Waals surface area contributed by atoms with Crippen molar-refractivity contribution in [3.8, 4) is 11.5 Å². The van der Waals surface area contributed by atoms with Gasteiger partial charge >= 0.3 is 0 Å². The molecule has 0 aliphatic heterocycles. The van der Waals surface area contributed by atoms with Crippen LogP contribution in [0.3, 0.4) is 0 Å². The van der Waals surface area contributed by atoms with Crippen LogP contribution in [-0.4, -0.2) is 74.5 Å². The summed E-state index contributed by atoms with van der Waals surface area (Å²) in [5, 5.41) is 3.34. The van der Waals surface area contributed by atoms with Gasteiger partial charge in [0.2, 0.25) is 5.91 Å². The summed E-state index contributed by atoms with van der Waals surface area (Å²) < 4.78 is 10.6. The molecule has 0 aliphatic carbocycles. The molecule has 0 unspecified atom stereocenters. The minimum atomic E-state index is -0.283. The van der Waals surface area contributed by atoms with Crippen molar-refractivity contribution in [3.63, 3.8) is 0 Å². The number of carbonyl (C=O) groups excluding carboxylic acids is 2. The number of aromatic nitrogens is 1. The summed E-state index contributed by atoms with van der Waals surface area (Å²) in [5.74, 6) is 0.447. The van der Waals surface area contributed by atoms with Crippen molar-refractivity contribution in [1.82, 2.24) is 14.8 Å². The van der Waals surface area contributed by atoms with Gasteiger partial charge in [-0.3, -0.25) is 9.59 Å². The highest BCUT2D eigenvalue weighted by atomic mass is 32.1. The number of anilines is 1. The van der Waals surface area contributed by atoms with E-state index in [2.05, 4.69) is 10.3 Å². The highest BCUT2D eigenvalue weighted by Gasteiger charge is 2.23. The van der Waals surface area contributed by atoms with Crippen LogP contribution in [0.2, 0.25) is 0 Å². The molecule has 2 aromatic rings. The summed E-state index contributed by atoms with van der Waals surface area (Å²) in [4.78, 5) is 34.8. The second-order valence-corrected chi connectivity index (χ2v) is 8.36. The quantitative estimate of drug-likeness (QED) is 0.619. The van der Waals surface area contributed by atoms with E-state index in [0.717, 1.165) is 23.5 Å². The highest BCUT2D eigenvalue weighted by Crippen LogP contribution is 2.26. The molecule has 0 atom stereocenters. The van der Waals surface area contributed by atoms with Crippen LogP contribution in [0.5, 0.6) is 11.5 Å². The van der Waals surface area contributed by atoms with Crippen LogP contribution in [0.15, 0.2) is 18.2 Å². The Morgan fingerprint density at radius 3 is 2.43 bits per heavy atom. The van der Waals surface area contributed by atoms with E-state index >= 15 is 0 Å². The van der Waals surface area contributed by atoms with Crippen molar-refractivity contribution >= 4 is 28.3 Å². The minimum absolute atomic E-state index is 0.0703. The predicted octanol–water partition coefficient (Wildman–Crippen LogP) is 2.81. The standard InChI is InChI=1S/C21H30N4O4S/c1-14-15(2)30-21(22-14)23-19(26)13-25(11-7-10-24(3)4)20(27)17-9-8-16(28-5)12-18(17)29-6/h8-9,12H,7,10-11,13H2,1-6H3,(H,22,23,26). The molecule has 0 bridgehead atoms. The van der Waals surface area contributed by atoms with E-state index in [1.165, 1.54) is 23.3 Å². The third kappa shape index (κ3) is 6.43. The topological polar surface area (TPSA) is 84.0 Å². The second kappa shape index (κ2) is 10.9. The molecule has 1 aromatic heterocycles. The van der Waals surface area contributed by atoms with E-state index in [9.17, 15) is 9.59 Å². The maximum Gasteiger partial charge on any atom is 0.258 e. The maximum atomic E-state index is 13.2. The molecule has 30 heavy (non-hydrogen) atoms. The fraction of sp³-hybridized carbons (Fsp3) is 0.476. The van der Waals surface area contributed by atoms with Crippen molar-refractivity contribution in [3.05, 3.63) is 34.3 Å². The fourth-order valence-electron chi connectivity index (χ4n) is 2.83. The number of ether oxygens (including phenoxy) is 2. The van der Waals surface area contributed by atoms with Crippen molar-refractivity contribution < 1.29 is 19.1 Å². The first-order chi connectivity index (χ1) is 14.2. The summed E-state index contributed by atoms with van der Waals surface area (Å²) in [6.45, 7) is 5.02. The number of hydrogen-bond acceptors (Lipinski definition) is 7. The molecule has 1 N–H and O–H groups in total. The number of thiazole rings is 1. The highest BCUT2D eigenvalue weighted by molar-refractivity contribution is 7.15. The summed E-state index contributed by atoms with van der Waals surface area (Å²) in [5.41, 5.74) is 1.27. The molecule has 0 spiro atoms. The van der Waals surface area contributed by atoms with Crippen molar-refractivity contribution in [1.29, 1.82) is 0 Å². The van der Waals surface area contributed by atoms with E-state index in [-0.39, 0.29) is 18.4 Å². The van der Waals surface area contributed by atoms with E-state index < -0.39 is 0 Å². The lowest BCUT2D eigenvalue weighted by atomic mass is 10.1.